The summed E-state index contributed by atoms with van der Waals surface area (Å²) in [5.74, 6) is -2.18. The average Bonchev–Trinajstić information content (AvgIpc) is 2.89. The standard InChI is InChI=1S/C29H19F5N2O2/c30-21-13-11-18(12-14-21)17-7-9-19(10-8-17)28-35-27-23(5-2-6-24(27)31)25(16-26(37)38)36(28)22-4-1-3-20(15-22)29(32,33)34/h1-15,25H,16H2,(H,37,38). The van der Waals surface area contributed by atoms with Gasteiger partial charge in [0.1, 0.15) is 23.2 Å². The first-order valence-electron chi connectivity index (χ1n) is 11.5. The molecule has 1 heterocycles. The SMILES string of the molecule is O=C(O)CC1c2cccc(F)c2N=C(c2ccc(-c3ccc(F)cc3)cc2)N1c1cccc(C(F)(F)F)c1. The number of benzene rings is 4. The van der Waals surface area contributed by atoms with Crippen LogP contribution in [0.2, 0.25) is 0 Å². The van der Waals surface area contributed by atoms with E-state index in [1.165, 1.54) is 47.4 Å². The molecule has 1 atom stereocenters. The summed E-state index contributed by atoms with van der Waals surface area (Å²) < 4.78 is 68.9. The number of hydrogen-bond acceptors (Lipinski definition) is 3. The maximum atomic E-state index is 14.9. The number of nitrogens with zero attached hydrogens (tertiary/aromatic N) is 2. The van der Waals surface area contributed by atoms with Crippen LogP contribution in [-0.4, -0.2) is 16.9 Å². The lowest BCUT2D eigenvalue weighted by molar-refractivity contribution is -0.138. The van der Waals surface area contributed by atoms with Gasteiger partial charge in [0.25, 0.3) is 0 Å². The Morgan fingerprint density at radius 3 is 2.08 bits per heavy atom. The predicted molar refractivity (Wildman–Crippen MR) is 133 cm³/mol. The molecule has 4 nitrogen and oxygen atoms in total. The summed E-state index contributed by atoms with van der Waals surface area (Å²) >= 11 is 0. The molecule has 4 aromatic rings. The highest BCUT2D eigenvalue weighted by Crippen LogP contribution is 2.43. The van der Waals surface area contributed by atoms with Gasteiger partial charge in [-0.2, -0.15) is 13.2 Å². The third kappa shape index (κ3) is 4.87. The van der Waals surface area contributed by atoms with Crippen LogP contribution >= 0.6 is 0 Å². The molecule has 1 N–H and O–H groups in total. The van der Waals surface area contributed by atoms with Crippen LogP contribution in [0.25, 0.3) is 11.1 Å². The van der Waals surface area contributed by atoms with Crippen molar-refractivity contribution < 1.29 is 31.9 Å². The van der Waals surface area contributed by atoms with Crippen LogP contribution in [0.4, 0.5) is 33.3 Å². The highest BCUT2D eigenvalue weighted by molar-refractivity contribution is 6.13. The number of carboxylic acids is 1. The number of amidine groups is 1. The van der Waals surface area contributed by atoms with Crippen molar-refractivity contribution in [3.05, 3.63) is 119 Å². The van der Waals surface area contributed by atoms with Gasteiger partial charge in [0.2, 0.25) is 0 Å². The van der Waals surface area contributed by atoms with Gasteiger partial charge in [-0.1, -0.05) is 54.6 Å². The zero-order valence-electron chi connectivity index (χ0n) is 19.6. The van der Waals surface area contributed by atoms with Crippen molar-refractivity contribution in [3.63, 3.8) is 0 Å². The fourth-order valence-electron chi connectivity index (χ4n) is 4.52. The van der Waals surface area contributed by atoms with Gasteiger partial charge in [0.05, 0.1) is 18.0 Å². The minimum Gasteiger partial charge on any atom is -0.481 e. The van der Waals surface area contributed by atoms with E-state index in [9.17, 15) is 31.9 Å². The number of rotatable bonds is 5. The molecule has 192 valence electrons. The average molecular weight is 522 g/mol. The molecule has 0 saturated carbocycles. The van der Waals surface area contributed by atoms with Crippen molar-refractivity contribution in [3.8, 4) is 11.1 Å². The highest BCUT2D eigenvalue weighted by Gasteiger charge is 2.37. The van der Waals surface area contributed by atoms with Gasteiger partial charge in [-0.25, -0.2) is 13.8 Å². The van der Waals surface area contributed by atoms with Crippen molar-refractivity contribution >= 4 is 23.2 Å². The van der Waals surface area contributed by atoms with Gasteiger partial charge >= 0.3 is 12.1 Å². The Hall–Kier alpha value is -4.53. The minimum absolute atomic E-state index is 0.0577. The van der Waals surface area contributed by atoms with Gasteiger partial charge in [0.15, 0.2) is 0 Å². The van der Waals surface area contributed by atoms with Gasteiger partial charge < -0.3 is 10.0 Å². The van der Waals surface area contributed by atoms with Crippen LogP contribution in [0.5, 0.6) is 0 Å². The first kappa shape index (κ1) is 25.1. The first-order chi connectivity index (χ1) is 18.1. The summed E-state index contributed by atoms with van der Waals surface area (Å²) in [6.07, 6.45) is -5.15. The molecule has 1 aliphatic heterocycles. The van der Waals surface area contributed by atoms with Crippen molar-refractivity contribution in [2.75, 3.05) is 4.90 Å². The summed E-state index contributed by atoms with van der Waals surface area (Å²) in [4.78, 5) is 17.7. The van der Waals surface area contributed by atoms with Crippen LogP contribution in [0, 0.1) is 11.6 Å². The number of hydrogen-bond donors (Lipinski definition) is 1. The number of aliphatic imine (C=N–C) groups is 1. The van der Waals surface area contributed by atoms with Crippen molar-refractivity contribution in [2.24, 2.45) is 4.99 Å². The summed E-state index contributed by atoms with van der Waals surface area (Å²) in [6.45, 7) is 0. The number of carboxylic acid groups (broad SMARTS) is 1. The van der Waals surface area contributed by atoms with Gasteiger partial charge in [0, 0.05) is 16.8 Å². The minimum atomic E-state index is -4.63. The van der Waals surface area contributed by atoms with Crippen molar-refractivity contribution in [2.45, 2.75) is 18.6 Å². The molecule has 1 aliphatic rings. The third-order valence-corrected chi connectivity index (χ3v) is 6.27. The number of para-hydroxylation sites is 1. The lowest BCUT2D eigenvalue weighted by Crippen LogP contribution is -2.39. The van der Waals surface area contributed by atoms with Crippen LogP contribution in [0.15, 0.2) is 96.0 Å². The van der Waals surface area contributed by atoms with E-state index in [0.29, 0.717) is 5.56 Å². The summed E-state index contributed by atoms with van der Waals surface area (Å²) in [5.41, 5.74) is 1.22. The number of anilines is 1. The lowest BCUT2D eigenvalue weighted by Gasteiger charge is -2.38. The number of alkyl halides is 3. The zero-order chi connectivity index (χ0) is 27.0. The normalized spacial score (nSPS) is 15.1. The van der Waals surface area contributed by atoms with E-state index in [-0.39, 0.29) is 28.6 Å². The largest absolute Gasteiger partial charge is 0.481 e. The van der Waals surface area contributed by atoms with Crippen LogP contribution in [0.1, 0.15) is 29.2 Å². The Balaban J connectivity index is 1.68. The summed E-state index contributed by atoms with van der Waals surface area (Å²) in [5, 5.41) is 9.68. The molecule has 38 heavy (non-hydrogen) atoms. The van der Waals surface area contributed by atoms with E-state index in [2.05, 4.69) is 4.99 Å². The topological polar surface area (TPSA) is 52.9 Å². The molecule has 0 aromatic heterocycles. The molecule has 0 spiro atoms. The van der Waals surface area contributed by atoms with Crippen molar-refractivity contribution in [1.29, 1.82) is 0 Å². The van der Waals surface area contributed by atoms with Gasteiger partial charge in [-0.3, -0.25) is 4.79 Å². The van der Waals surface area contributed by atoms with Gasteiger partial charge in [-0.05, 0) is 47.5 Å². The van der Waals surface area contributed by atoms with E-state index < -0.39 is 36.0 Å². The third-order valence-electron chi connectivity index (χ3n) is 6.27. The maximum absolute atomic E-state index is 14.9. The molecule has 0 bridgehead atoms. The molecule has 1 unspecified atom stereocenters. The number of halogens is 5. The van der Waals surface area contributed by atoms with Crippen LogP contribution in [0.3, 0.4) is 0 Å². The van der Waals surface area contributed by atoms with Crippen LogP contribution in [-0.2, 0) is 11.0 Å². The van der Waals surface area contributed by atoms with E-state index in [1.807, 2.05) is 0 Å². The number of carbonyl (C=O) groups is 1. The van der Waals surface area contributed by atoms with E-state index in [4.69, 9.17) is 0 Å². The number of fused-ring (bicyclic) bond motifs is 1. The molecule has 0 fully saturated rings. The number of aliphatic carboxylic acids is 1. The Morgan fingerprint density at radius 2 is 1.45 bits per heavy atom. The Bertz CT molecular complexity index is 1530. The fourth-order valence-corrected chi connectivity index (χ4v) is 4.52. The molecular formula is C29H19F5N2O2. The molecule has 9 heteroatoms. The molecule has 0 radical (unpaired) electrons. The molecule has 5 rings (SSSR count). The Morgan fingerprint density at radius 1 is 0.842 bits per heavy atom. The Labute approximate surface area is 214 Å². The molecule has 4 aromatic carbocycles. The summed E-state index contributed by atoms with van der Waals surface area (Å²) in [6, 6.07) is 20.2. The molecule has 0 amide bonds. The summed E-state index contributed by atoms with van der Waals surface area (Å²) in [7, 11) is 0. The second-order valence-corrected chi connectivity index (χ2v) is 8.73. The molecular weight excluding hydrogens is 503 g/mol. The lowest BCUT2D eigenvalue weighted by atomic mass is 9.94. The maximum Gasteiger partial charge on any atom is 0.416 e. The monoisotopic (exact) mass is 522 g/mol. The quantitative estimate of drug-likeness (QED) is 0.273. The first-order valence-corrected chi connectivity index (χ1v) is 11.5. The van der Waals surface area contributed by atoms with E-state index in [0.717, 1.165) is 23.3 Å². The second kappa shape index (κ2) is 9.74. The molecule has 0 aliphatic carbocycles. The highest BCUT2D eigenvalue weighted by atomic mass is 19.4. The second-order valence-electron chi connectivity index (χ2n) is 8.73. The predicted octanol–water partition coefficient (Wildman–Crippen LogP) is 7.76. The molecule has 0 saturated heterocycles. The van der Waals surface area contributed by atoms with Crippen molar-refractivity contribution in [1.82, 2.24) is 0 Å². The fraction of sp³-hybridized carbons (Fsp3) is 0.103. The zero-order valence-corrected chi connectivity index (χ0v) is 19.6. The van der Waals surface area contributed by atoms with E-state index in [1.54, 1.807) is 36.4 Å². The van der Waals surface area contributed by atoms with Crippen LogP contribution < -0.4 is 4.90 Å². The smallest absolute Gasteiger partial charge is 0.416 e. The van der Waals surface area contributed by atoms with Gasteiger partial charge in [-0.15, -0.1) is 0 Å². The Kier molecular flexibility index (Phi) is 6.44. The van der Waals surface area contributed by atoms with E-state index >= 15 is 0 Å².